The van der Waals surface area contributed by atoms with E-state index >= 15 is 0 Å². The normalized spacial score (nSPS) is 18.4. The van der Waals surface area contributed by atoms with Crippen molar-refractivity contribution in [3.8, 4) is 0 Å². The molecule has 1 aliphatic rings. The molecule has 1 aliphatic heterocycles. The van der Waals surface area contributed by atoms with Gasteiger partial charge in [0.1, 0.15) is 23.4 Å². The molecule has 5 nitrogen and oxygen atoms in total. The molecule has 0 bridgehead atoms. The topological polar surface area (TPSA) is 57.2 Å². The zero-order valence-electron chi connectivity index (χ0n) is 22.9. The van der Waals surface area contributed by atoms with Gasteiger partial charge in [-0.25, -0.2) is 0 Å². The van der Waals surface area contributed by atoms with E-state index < -0.39 is 36.3 Å². The Morgan fingerprint density at radius 3 is 1.20 bits per heavy atom. The highest BCUT2D eigenvalue weighted by molar-refractivity contribution is 6.48. The molecular formula is C34H35BO5. The minimum absolute atomic E-state index is 0.180. The number of rotatable bonds is 11. The SMILES string of the molecule is C=C[C@H](CO)B1O[C@@H](C(OC)(c2ccccc2)c2ccccc2)[C@H](C(OC)(c2ccccc2)c2ccccc2)O1. The number of hydrogen-bond donors (Lipinski definition) is 1. The average Bonchev–Trinajstić information content (AvgIpc) is 3.47. The smallest absolute Gasteiger partial charge is 0.401 e. The van der Waals surface area contributed by atoms with E-state index in [4.69, 9.17) is 18.8 Å². The summed E-state index contributed by atoms with van der Waals surface area (Å²) in [4.78, 5) is 0. The fourth-order valence-electron chi connectivity index (χ4n) is 5.99. The lowest BCUT2D eigenvalue weighted by Crippen LogP contribution is -2.56. The molecule has 5 rings (SSSR count). The maximum atomic E-state index is 10.3. The summed E-state index contributed by atoms with van der Waals surface area (Å²) in [5.41, 5.74) is 1.47. The molecule has 0 saturated carbocycles. The lowest BCUT2D eigenvalue weighted by Gasteiger charge is -2.47. The van der Waals surface area contributed by atoms with E-state index in [-0.39, 0.29) is 6.61 Å². The first-order valence-corrected chi connectivity index (χ1v) is 13.5. The third kappa shape index (κ3) is 4.72. The van der Waals surface area contributed by atoms with Crippen LogP contribution in [0, 0.1) is 0 Å². The van der Waals surface area contributed by atoms with Crippen molar-refractivity contribution in [2.45, 2.75) is 29.2 Å². The Labute approximate surface area is 237 Å². The fraction of sp³-hybridized carbons (Fsp3) is 0.235. The summed E-state index contributed by atoms with van der Waals surface area (Å²) in [6.45, 7) is 3.76. The standard InChI is InChI=1S/C34H35BO5/c1-4-30(25-36)35-39-31(33(37-2,26-17-9-5-10-18-26)27-19-11-6-12-20-27)32(40-35)34(38-3,28-21-13-7-14-22-28)29-23-15-8-16-24-29/h4-24,30-32,36H,1,25H2,2-3H3/t30-,31-,32-/m1/s1. The zero-order chi connectivity index (χ0) is 28.0. The van der Waals surface area contributed by atoms with Gasteiger partial charge in [-0.15, -0.1) is 6.58 Å². The van der Waals surface area contributed by atoms with Crippen molar-refractivity contribution < 1.29 is 23.9 Å². The maximum absolute atomic E-state index is 10.3. The van der Waals surface area contributed by atoms with Crippen LogP contribution in [0.4, 0.5) is 0 Å². The highest BCUT2D eigenvalue weighted by Gasteiger charge is 2.62. The molecule has 0 spiro atoms. The van der Waals surface area contributed by atoms with Crippen LogP contribution in [0.1, 0.15) is 22.3 Å². The van der Waals surface area contributed by atoms with Crippen LogP contribution in [0.2, 0.25) is 5.82 Å². The molecular weight excluding hydrogens is 499 g/mol. The molecule has 4 aromatic carbocycles. The van der Waals surface area contributed by atoms with Crippen LogP contribution in [0.25, 0.3) is 0 Å². The molecule has 3 atom stereocenters. The first kappa shape index (κ1) is 28.0. The van der Waals surface area contributed by atoms with Gasteiger partial charge in [0.2, 0.25) is 0 Å². The van der Waals surface area contributed by atoms with Gasteiger partial charge in [0, 0.05) is 26.6 Å². The highest BCUT2D eigenvalue weighted by atomic mass is 16.7. The van der Waals surface area contributed by atoms with E-state index in [0.717, 1.165) is 22.3 Å². The molecule has 1 heterocycles. The second kappa shape index (κ2) is 12.3. The Balaban J connectivity index is 1.82. The van der Waals surface area contributed by atoms with Crippen LogP contribution in [-0.4, -0.2) is 45.3 Å². The molecule has 0 unspecified atom stereocenters. The van der Waals surface area contributed by atoms with Gasteiger partial charge < -0.3 is 23.9 Å². The largest absolute Gasteiger partial charge is 0.467 e. The summed E-state index contributed by atoms with van der Waals surface area (Å²) in [5, 5.41) is 10.3. The second-order valence-corrected chi connectivity index (χ2v) is 9.91. The predicted molar refractivity (Wildman–Crippen MR) is 158 cm³/mol. The van der Waals surface area contributed by atoms with Gasteiger partial charge in [0.15, 0.2) is 0 Å². The Morgan fingerprint density at radius 1 is 0.675 bits per heavy atom. The first-order chi connectivity index (χ1) is 19.6. The molecule has 0 aromatic heterocycles. The summed E-state index contributed by atoms with van der Waals surface area (Å²) in [7, 11) is 2.61. The highest BCUT2D eigenvalue weighted by Crippen LogP contribution is 2.51. The monoisotopic (exact) mass is 534 g/mol. The van der Waals surface area contributed by atoms with E-state index in [1.165, 1.54) is 0 Å². The Hall–Kier alpha value is -3.52. The van der Waals surface area contributed by atoms with Crippen LogP contribution in [0.5, 0.6) is 0 Å². The lowest BCUT2D eigenvalue weighted by atomic mass is 9.71. The molecule has 4 aromatic rings. The van der Waals surface area contributed by atoms with Crippen molar-refractivity contribution in [3.63, 3.8) is 0 Å². The van der Waals surface area contributed by atoms with E-state index in [1.807, 2.05) is 121 Å². The van der Waals surface area contributed by atoms with Gasteiger partial charge in [-0.3, -0.25) is 0 Å². The third-order valence-electron chi connectivity index (χ3n) is 7.96. The van der Waals surface area contributed by atoms with Crippen LogP contribution < -0.4 is 0 Å². The summed E-state index contributed by atoms with van der Waals surface area (Å²) in [6, 6.07) is 40.2. The minimum atomic E-state index is -1.09. The average molecular weight is 534 g/mol. The van der Waals surface area contributed by atoms with E-state index in [2.05, 4.69) is 6.58 Å². The van der Waals surface area contributed by atoms with Crippen molar-refractivity contribution in [1.82, 2.24) is 0 Å². The Kier molecular flexibility index (Phi) is 8.65. The van der Waals surface area contributed by atoms with E-state index in [9.17, 15) is 5.11 Å². The second-order valence-electron chi connectivity index (χ2n) is 9.91. The van der Waals surface area contributed by atoms with E-state index in [0.29, 0.717) is 0 Å². The van der Waals surface area contributed by atoms with Crippen LogP contribution in [0.15, 0.2) is 134 Å². The van der Waals surface area contributed by atoms with Gasteiger partial charge in [-0.2, -0.15) is 0 Å². The number of aliphatic hydroxyl groups is 1. The molecule has 0 aliphatic carbocycles. The van der Waals surface area contributed by atoms with Gasteiger partial charge in [-0.05, 0) is 22.3 Å². The number of ether oxygens (including phenoxy) is 2. The van der Waals surface area contributed by atoms with Crippen molar-refractivity contribution in [3.05, 3.63) is 156 Å². The van der Waals surface area contributed by atoms with Gasteiger partial charge in [0.25, 0.3) is 0 Å². The van der Waals surface area contributed by atoms with Gasteiger partial charge >= 0.3 is 7.12 Å². The molecule has 1 N–H and O–H groups in total. The Bertz CT molecular complexity index is 1170. The predicted octanol–water partition coefficient (Wildman–Crippen LogP) is 5.99. The van der Waals surface area contributed by atoms with Crippen molar-refractivity contribution >= 4 is 7.12 Å². The van der Waals surface area contributed by atoms with Crippen molar-refractivity contribution in [1.29, 1.82) is 0 Å². The first-order valence-electron chi connectivity index (χ1n) is 13.5. The molecule has 40 heavy (non-hydrogen) atoms. The number of methoxy groups -OCH3 is 2. The molecule has 0 radical (unpaired) electrons. The summed E-state index contributed by atoms with van der Waals surface area (Å²) in [6.07, 6.45) is 0.256. The van der Waals surface area contributed by atoms with Gasteiger partial charge in [0.05, 0.1) is 0 Å². The Morgan fingerprint density at radius 2 is 0.975 bits per heavy atom. The summed E-state index contributed by atoms with van der Waals surface area (Å²) < 4.78 is 26.9. The van der Waals surface area contributed by atoms with Crippen LogP contribution >= 0.6 is 0 Å². The number of aliphatic hydroxyl groups excluding tert-OH is 1. The van der Waals surface area contributed by atoms with Crippen molar-refractivity contribution in [2.75, 3.05) is 20.8 Å². The number of benzene rings is 4. The molecule has 6 heteroatoms. The summed E-state index contributed by atoms with van der Waals surface area (Å²) in [5.74, 6) is -0.463. The zero-order valence-corrected chi connectivity index (χ0v) is 22.9. The van der Waals surface area contributed by atoms with Crippen LogP contribution in [0.3, 0.4) is 0 Å². The van der Waals surface area contributed by atoms with E-state index in [1.54, 1.807) is 20.3 Å². The fourth-order valence-corrected chi connectivity index (χ4v) is 5.99. The quantitative estimate of drug-likeness (QED) is 0.189. The van der Waals surface area contributed by atoms with Crippen LogP contribution in [-0.2, 0) is 30.0 Å². The van der Waals surface area contributed by atoms with Gasteiger partial charge in [-0.1, -0.05) is 127 Å². The minimum Gasteiger partial charge on any atom is -0.401 e. The third-order valence-corrected chi connectivity index (χ3v) is 7.96. The molecule has 204 valence electrons. The molecule has 1 fully saturated rings. The number of hydrogen-bond acceptors (Lipinski definition) is 5. The molecule has 1 saturated heterocycles. The summed E-state index contributed by atoms with van der Waals surface area (Å²) >= 11 is 0. The van der Waals surface area contributed by atoms with Crippen molar-refractivity contribution in [2.24, 2.45) is 0 Å². The lowest BCUT2D eigenvalue weighted by molar-refractivity contribution is -0.136. The molecule has 0 amide bonds. The maximum Gasteiger partial charge on any atom is 0.467 e.